The first kappa shape index (κ1) is 19.0. The lowest BCUT2D eigenvalue weighted by Gasteiger charge is -2.10. The lowest BCUT2D eigenvalue weighted by Crippen LogP contribution is -2.17. The van der Waals surface area contributed by atoms with Gasteiger partial charge in [0.05, 0.1) is 23.4 Å². The van der Waals surface area contributed by atoms with Crippen LogP contribution in [0.1, 0.15) is 6.42 Å². The van der Waals surface area contributed by atoms with E-state index in [1.54, 1.807) is 30.3 Å². The molecule has 0 unspecified atom stereocenters. The van der Waals surface area contributed by atoms with Gasteiger partial charge in [-0.1, -0.05) is 36.4 Å². The maximum Gasteiger partial charge on any atom is 0.225 e. The third-order valence-corrected chi connectivity index (χ3v) is 6.41. The normalized spacial score (nSPS) is 11.6. The minimum absolute atomic E-state index is 0.168. The Morgan fingerprint density at radius 2 is 1.69 bits per heavy atom. The van der Waals surface area contributed by atoms with E-state index in [0.29, 0.717) is 17.0 Å². The molecule has 0 spiro atoms. The van der Waals surface area contributed by atoms with Crippen LogP contribution in [0.15, 0.2) is 76.0 Å². The number of ether oxygens (including phenoxy) is 1. The first-order chi connectivity index (χ1) is 14.0. The molecule has 29 heavy (non-hydrogen) atoms. The largest absolute Gasteiger partial charge is 0.495 e. The number of nitrogens with one attached hydrogen (secondary N) is 1. The number of para-hydroxylation sites is 1. The Morgan fingerprint density at radius 3 is 2.45 bits per heavy atom. The molecule has 0 aliphatic carbocycles. The molecular formula is C22H19NO5S. The smallest absolute Gasteiger partial charge is 0.225 e. The van der Waals surface area contributed by atoms with E-state index >= 15 is 0 Å². The summed E-state index contributed by atoms with van der Waals surface area (Å²) in [5, 5.41) is 4.56. The fourth-order valence-corrected chi connectivity index (χ4v) is 4.47. The fraction of sp³-hybridized carbons (Fsp3) is 0.136. The van der Waals surface area contributed by atoms with Crippen LogP contribution < -0.4 is 10.1 Å². The van der Waals surface area contributed by atoms with Crippen LogP contribution in [0.25, 0.3) is 21.9 Å². The molecule has 6 nitrogen and oxygen atoms in total. The second-order valence-corrected chi connectivity index (χ2v) is 8.69. The third-order valence-electron chi connectivity index (χ3n) is 4.67. The topological polar surface area (TPSA) is 85.6 Å². The lowest BCUT2D eigenvalue weighted by molar-refractivity contribution is -0.115. The van der Waals surface area contributed by atoms with E-state index in [4.69, 9.17) is 9.15 Å². The van der Waals surface area contributed by atoms with Crippen molar-refractivity contribution in [3.05, 3.63) is 66.7 Å². The molecule has 1 amide bonds. The number of amides is 1. The van der Waals surface area contributed by atoms with Gasteiger partial charge in [0.25, 0.3) is 0 Å². The number of hydrogen-bond acceptors (Lipinski definition) is 5. The van der Waals surface area contributed by atoms with Crippen molar-refractivity contribution in [3.8, 4) is 5.75 Å². The number of fused-ring (bicyclic) bond motifs is 3. The van der Waals surface area contributed by atoms with Crippen LogP contribution >= 0.6 is 0 Å². The summed E-state index contributed by atoms with van der Waals surface area (Å²) >= 11 is 0. The number of benzene rings is 3. The van der Waals surface area contributed by atoms with Crippen molar-refractivity contribution in [1.29, 1.82) is 0 Å². The van der Waals surface area contributed by atoms with Gasteiger partial charge < -0.3 is 14.5 Å². The molecule has 1 aromatic heterocycles. The van der Waals surface area contributed by atoms with Crippen LogP contribution in [0.2, 0.25) is 0 Å². The van der Waals surface area contributed by atoms with Gasteiger partial charge in [-0.15, -0.1) is 0 Å². The highest BCUT2D eigenvalue weighted by atomic mass is 32.2. The van der Waals surface area contributed by atoms with Crippen LogP contribution in [0.3, 0.4) is 0 Å². The standard InChI is InChI=1S/C22H19NO5S/c1-27-21-13-17-16-9-5-6-10-19(16)28-20(17)14-18(21)23-22(24)11-12-29(25,26)15-7-3-2-4-8-15/h2-10,13-14H,11-12H2,1H3,(H,23,24). The number of furan rings is 1. The van der Waals surface area contributed by atoms with Crippen LogP contribution in [0, 0.1) is 0 Å². The van der Waals surface area contributed by atoms with Gasteiger partial charge >= 0.3 is 0 Å². The number of sulfone groups is 1. The number of rotatable bonds is 6. The Morgan fingerprint density at radius 1 is 0.966 bits per heavy atom. The van der Waals surface area contributed by atoms with Crippen LogP contribution in [0.5, 0.6) is 5.75 Å². The van der Waals surface area contributed by atoms with Gasteiger partial charge in [-0.05, 0) is 24.3 Å². The molecule has 0 saturated carbocycles. The Labute approximate surface area is 168 Å². The second-order valence-electron chi connectivity index (χ2n) is 6.58. The molecule has 1 N–H and O–H groups in total. The van der Waals surface area contributed by atoms with Gasteiger partial charge in [0.2, 0.25) is 5.91 Å². The van der Waals surface area contributed by atoms with E-state index in [-0.39, 0.29) is 17.1 Å². The lowest BCUT2D eigenvalue weighted by atomic mass is 10.1. The van der Waals surface area contributed by atoms with Crippen molar-refractivity contribution < 1.29 is 22.4 Å². The van der Waals surface area contributed by atoms with Crippen molar-refractivity contribution in [3.63, 3.8) is 0 Å². The number of hydrogen-bond donors (Lipinski definition) is 1. The highest BCUT2D eigenvalue weighted by molar-refractivity contribution is 7.91. The van der Waals surface area contributed by atoms with E-state index in [9.17, 15) is 13.2 Å². The number of anilines is 1. The summed E-state index contributed by atoms with van der Waals surface area (Å²) < 4.78 is 36.0. The molecule has 0 aliphatic rings. The molecule has 148 valence electrons. The van der Waals surface area contributed by atoms with Gasteiger partial charge in [0.15, 0.2) is 9.84 Å². The summed E-state index contributed by atoms with van der Waals surface area (Å²) in [4.78, 5) is 12.6. The molecule has 7 heteroatoms. The maximum absolute atomic E-state index is 12.4. The average molecular weight is 409 g/mol. The summed E-state index contributed by atoms with van der Waals surface area (Å²) in [6.45, 7) is 0. The van der Waals surface area contributed by atoms with E-state index in [2.05, 4.69) is 5.32 Å². The second kappa shape index (κ2) is 7.60. The zero-order valence-corrected chi connectivity index (χ0v) is 16.5. The summed E-state index contributed by atoms with van der Waals surface area (Å²) in [7, 11) is -2.01. The van der Waals surface area contributed by atoms with Crippen molar-refractivity contribution in [2.45, 2.75) is 11.3 Å². The molecule has 3 aromatic carbocycles. The van der Waals surface area contributed by atoms with Crippen molar-refractivity contribution in [2.75, 3.05) is 18.2 Å². The third kappa shape index (κ3) is 3.82. The Bertz CT molecular complexity index is 1290. The number of carbonyl (C=O) groups is 1. The zero-order chi connectivity index (χ0) is 20.4. The molecule has 0 saturated heterocycles. The van der Waals surface area contributed by atoms with Gasteiger partial charge in [-0.3, -0.25) is 4.79 Å². The predicted octanol–water partition coefficient (Wildman–Crippen LogP) is 4.40. The van der Waals surface area contributed by atoms with Crippen molar-refractivity contribution >= 4 is 43.4 Å². The number of carbonyl (C=O) groups excluding carboxylic acids is 1. The van der Waals surface area contributed by atoms with E-state index < -0.39 is 15.7 Å². The first-order valence-electron chi connectivity index (χ1n) is 9.05. The first-order valence-corrected chi connectivity index (χ1v) is 10.7. The van der Waals surface area contributed by atoms with Crippen molar-refractivity contribution in [1.82, 2.24) is 0 Å². The molecule has 0 fully saturated rings. The molecule has 0 aliphatic heterocycles. The quantitative estimate of drug-likeness (QED) is 0.510. The van der Waals surface area contributed by atoms with Gasteiger partial charge in [0.1, 0.15) is 16.9 Å². The minimum Gasteiger partial charge on any atom is -0.495 e. The van der Waals surface area contributed by atoms with Gasteiger partial charge in [0, 0.05) is 23.3 Å². The molecule has 0 bridgehead atoms. The Kier molecular flexibility index (Phi) is 4.98. The summed E-state index contributed by atoms with van der Waals surface area (Å²) in [5.74, 6) is -0.223. The molecule has 0 atom stereocenters. The van der Waals surface area contributed by atoms with Crippen LogP contribution in [-0.4, -0.2) is 27.2 Å². The van der Waals surface area contributed by atoms with E-state index in [1.165, 1.54) is 19.2 Å². The minimum atomic E-state index is -3.53. The summed E-state index contributed by atoms with van der Waals surface area (Å²) in [6.07, 6.45) is -0.168. The summed E-state index contributed by atoms with van der Waals surface area (Å²) in [6, 6.07) is 19.2. The SMILES string of the molecule is COc1cc2c(cc1NC(=O)CCS(=O)(=O)c1ccccc1)oc1ccccc12. The Hall–Kier alpha value is -3.32. The highest BCUT2D eigenvalue weighted by Gasteiger charge is 2.18. The molecular weight excluding hydrogens is 390 g/mol. The van der Waals surface area contributed by atoms with E-state index in [1.807, 2.05) is 24.3 Å². The van der Waals surface area contributed by atoms with Gasteiger partial charge in [-0.25, -0.2) is 8.42 Å². The molecule has 4 aromatic rings. The monoisotopic (exact) mass is 409 g/mol. The van der Waals surface area contributed by atoms with Crippen LogP contribution in [0.4, 0.5) is 5.69 Å². The Balaban J connectivity index is 1.55. The predicted molar refractivity (Wildman–Crippen MR) is 112 cm³/mol. The molecule has 0 radical (unpaired) electrons. The average Bonchev–Trinajstić information content (AvgIpc) is 3.10. The summed E-state index contributed by atoms with van der Waals surface area (Å²) in [5.41, 5.74) is 1.78. The number of methoxy groups -OCH3 is 1. The molecule has 4 rings (SSSR count). The fourth-order valence-electron chi connectivity index (χ4n) is 3.20. The van der Waals surface area contributed by atoms with Gasteiger partial charge in [-0.2, -0.15) is 0 Å². The van der Waals surface area contributed by atoms with Crippen LogP contribution in [-0.2, 0) is 14.6 Å². The maximum atomic E-state index is 12.4. The van der Waals surface area contributed by atoms with Crippen molar-refractivity contribution in [2.24, 2.45) is 0 Å². The highest BCUT2D eigenvalue weighted by Crippen LogP contribution is 2.36. The van der Waals surface area contributed by atoms with E-state index in [0.717, 1.165) is 16.4 Å². The zero-order valence-electron chi connectivity index (χ0n) is 15.7. The molecule has 1 heterocycles.